The molecule has 7 nitrogen and oxygen atoms in total. The Balaban J connectivity index is 1.36. The van der Waals surface area contributed by atoms with E-state index < -0.39 is 0 Å². The molecule has 27 heavy (non-hydrogen) atoms. The molecule has 0 radical (unpaired) electrons. The number of likely N-dealkylation sites (tertiary alicyclic amines) is 1. The number of urea groups is 1. The fourth-order valence-electron chi connectivity index (χ4n) is 3.92. The van der Waals surface area contributed by atoms with E-state index in [4.69, 9.17) is 0 Å². The van der Waals surface area contributed by atoms with Gasteiger partial charge in [-0.3, -0.25) is 15.0 Å². The van der Waals surface area contributed by atoms with Crippen LogP contribution in [0.5, 0.6) is 0 Å². The second-order valence-electron chi connectivity index (χ2n) is 7.54. The van der Waals surface area contributed by atoms with E-state index in [1.807, 2.05) is 11.4 Å². The summed E-state index contributed by atoms with van der Waals surface area (Å²) in [4.78, 5) is 35.9. The highest BCUT2D eigenvalue weighted by Gasteiger charge is 2.23. The zero-order valence-electron chi connectivity index (χ0n) is 15.5. The van der Waals surface area contributed by atoms with Crippen LogP contribution >= 0.6 is 11.3 Å². The fourth-order valence-corrected chi connectivity index (χ4v) is 4.62. The van der Waals surface area contributed by atoms with Gasteiger partial charge in [0.25, 0.3) is 5.56 Å². The number of amides is 2. The Morgan fingerprint density at radius 3 is 3.19 bits per heavy atom. The van der Waals surface area contributed by atoms with Crippen molar-refractivity contribution in [2.45, 2.75) is 39.3 Å². The number of H-pyrrole nitrogens is 1. The van der Waals surface area contributed by atoms with Crippen LogP contribution < -0.4 is 10.9 Å². The van der Waals surface area contributed by atoms with Gasteiger partial charge in [0.15, 0.2) is 5.13 Å². The molecule has 1 fully saturated rings. The monoisotopic (exact) mass is 387 g/mol. The molecule has 1 unspecified atom stereocenters. The number of nitrogens with one attached hydrogen (secondary N) is 2. The maximum atomic E-state index is 12.6. The first-order valence-electron chi connectivity index (χ1n) is 9.50. The summed E-state index contributed by atoms with van der Waals surface area (Å²) >= 11 is 1.46. The number of pyridine rings is 1. The van der Waals surface area contributed by atoms with Gasteiger partial charge >= 0.3 is 6.03 Å². The number of fused-ring (bicyclic) bond motifs is 1. The minimum Gasteiger partial charge on any atom is -0.329 e. The molecule has 0 aromatic carbocycles. The van der Waals surface area contributed by atoms with Crippen molar-refractivity contribution in [1.29, 1.82) is 0 Å². The summed E-state index contributed by atoms with van der Waals surface area (Å²) in [5.41, 5.74) is 2.59. The summed E-state index contributed by atoms with van der Waals surface area (Å²) in [6.07, 6.45) is 4.90. The van der Waals surface area contributed by atoms with Crippen molar-refractivity contribution in [2.24, 2.45) is 5.92 Å². The zero-order chi connectivity index (χ0) is 18.8. The van der Waals surface area contributed by atoms with Gasteiger partial charge < -0.3 is 9.88 Å². The Labute approximate surface area is 162 Å². The second kappa shape index (κ2) is 7.82. The van der Waals surface area contributed by atoms with Crippen LogP contribution in [0.4, 0.5) is 9.93 Å². The molecule has 0 aliphatic carbocycles. The van der Waals surface area contributed by atoms with Gasteiger partial charge in [0.2, 0.25) is 0 Å². The van der Waals surface area contributed by atoms with Crippen LogP contribution in [0, 0.1) is 5.92 Å². The normalized spacial score (nSPS) is 20.3. The molecule has 0 spiro atoms. The predicted octanol–water partition coefficient (Wildman–Crippen LogP) is 2.65. The lowest BCUT2D eigenvalue weighted by Crippen LogP contribution is -2.41. The number of aromatic nitrogens is 2. The van der Waals surface area contributed by atoms with Crippen LogP contribution in [0.3, 0.4) is 0 Å². The van der Waals surface area contributed by atoms with E-state index in [0.717, 1.165) is 36.8 Å². The topological polar surface area (TPSA) is 81.3 Å². The highest BCUT2D eigenvalue weighted by molar-refractivity contribution is 7.13. The van der Waals surface area contributed by atoms with Gasteiger partial charge in [-0.25, -0.2) is 9.78 Å². The molecule has 4 rings (SSSR count). The molecule has 2 aliphatic heterocycles. The zero-order valence-corrected chi connectivity index (χ0v) is 16.3. The highest BCUT2D eigenvalue weighted by atomic mass is 32.1. The average molecular weight is 388 g/mol. The standard InChI is InChI=1S/C19H25N5O2S/c1-13-3-2-7-23(9-13)10-15-12-27-18(21-15)22-19(26)24-8-5-14-4-6-20-17(25)16(14)11-24/h4,6,12-13H,2-3,5,7-11H2,1H3,(H,20,25)(H,21,22,26). The lowest BCUT2D eigenvalue weighted by Gasteiger charge is -2.30. The molecule has 2 aromatic heterocycles. The molecular formula is C19H25N5O2S. The van der Waals surface area contributed by atoms with Gasteiger partial charge in [-0.05, 0) is 43.4 Å². The fraction of sp³-hybridized carbons (Fsp3) is 0.526. The Kier molecular flexibility index (Phi) is 5.27. The van der Waals surface area contributed by atoms with E-state index in [9.17, 15) is 9.59 Å². The Hall–Kier alpha value is -2.19. The Morgan fingerprint density at radius 2 is 2.33 bits per heavy atom. The third kappa shape index (κ3) is 4.22. The predicted molar refractivity (Wildman–Crippen MR) is 106 cm³/mol. The molecule has 0 bridgehead atoms. The lowest BCUT2D eigenvalue weighted by molar-refractivity contribution is 0.175. The van der Waals surface area contributed by atoms with Gasteiger partial charge in [-0.15, -0.1) is 11.3 Å². The summed E-state index contributed by atoms with van der Waals surface area (Å²) in [6, 6.07) is 1.72. The van der Waals surface area contributed by atoms with Crippen molar-refractivity contribution < 1.29 is 4.79 Å². The maximum absolute atomic E-state index is 12.6. The van der Waals surface area contributed by atoms with E-state index >= 15 is 0 Å². The van der Waals surface area contributed by atoms with E-state index in [0.29, 0.717) is 30.2 Å². The number of hydrogen-bond donors (Lipinski definition) is 2. The lowest BCUT2D eigenvalue weighted by atomic mass is 10.0. The third-order valence-electron chi connectivity index (χ3n) is 5.34. The molecule has 1 atom stereocenters. The minimum absolute atomic E-state index is 0.114. The third-order valence-corrected chi connectivity index (χ3v) is 6.15. The van der Waals surface area contributed by atoms with E-state index in [1.54, 1.807) is 11.1 Å². The molecular weight excluding hydrogens is 362 g/mol. The molecule has 8 heteroatoms. The van der Waals surface area contributed by atoms with Gasteiger partial charge in [0.05, 0.1) is 12.2 Å². The van der Waals surface area contributed by atoms with Crippen molar-refractivity contribution >= 4 is 22.5 Å². The van der Waals surface area contributed by atoms with Crippen LogP contribution in [0.25, 0.3) is 0 Å². The smallest absolute Gasteiger partial charge is 0.323 e. The first kappa shape index (κ1) is 18.2. The van der Waals surface area contributed by atoms with E-state index in [2.05, 4.69) is 27.1 Å². The van der Waals surface area contributed by atoms with Crippen molar-refractivity contribution in [2.75, 3.05) is 25.0 Å². The number of anilines is 1. The summed E-state index contributed by atoms with van der Waals surface area (Å²) in [6.45, 7) is 6.30. The number of rotatable bonds is 3. The molecule has 144 valence electrons. The van der Waals surface area contributed by atoms with Crippen molar-refractivity contribution in [3.8, 4) is 0 Å². The van der Waals surface area contributed by atoms with Gasteiger partial charge in [0.1, 0.15) is 0 Å². The van der Waals surface area contributed by atoms with Gasteiger partial charge in [-0.2, -0.15) is 0 Å². The van der Waals surface area contributed by atoms with Crippen LogP contribution in [-0.4, -0.2) is 45.4 Å². The van der Waals surface area contributed by atoms with Crippen molar-refractivity contribution in [3.05, 3.63) is 44.8 Å². The summed E-state index contributed by atoms with van der Waals surface area (Å²) < 4.78 is 0. The SMILES string of the molecule is CC1CCCN(Cc2csc(NC(=O)N3CCc4cc[nH]c(=O)c4C3)n2)C1. The van der Waals surface area contributed by atoms with Crippen LogP contribution in [-0.2, 0) is 19.5 Å². The van der Waals surface area contributed by atoms with Gasteiger partial charge in [0, 0.05) is 36.8 Å². The molecule has 0 saturated carbocycles. The second-order valence-corrected chi connectivity index (χ2v) is 8.40. The van der Waals surface area contributed by atoms with Crippen molar-refractivity contribution in [1.82, 2.24) is 19.8 Å². The summed E-state index contributed by atoms with van der Waals surface area (Å²) in [5.74, 6) is 0.738. The number of piperidine rings is 1. The number of thiazole rings is 1. The number of carbonyl (C=O) groups excluding carboxylic acids is 1. The summed E-state index contributed by atoms with van der Waals surface area (Å²) in [5, 5.41) is 5.53. The number of nitrogens with zero attached hydrogens (tertiary/aromatic N) is 3. The van der Waals surface area contributed by atoms with E-state index in [1.165, 1.54) is 24.2 Å². The Morgan fingerprint density at radius 1 is 1.44 bits per heavy atom. The molecule has 2 N–H and O–H groups in total. The first-order chi connectivity index (χ1) is 13.1. The number of aromatic amines is 1. The summed E-state index contributed by atoms with van der Waals surface area (Å²) in [7, 11) is 0. The van der Waals surface area contributed by atoms with Crippen LogP contribution in [0.2, 0.25) is 0 Å². The molecule has 1 saturated heterocycles. The largest absolute Gasteiger partial charge is 0.329 e. The van der Waals surface area contributed by atoms with Crippen LogP contribution in [0.15, 0.2) is 22.4 Å². The number of carbonyl (C=O) groups is 1. The van der Waals surface area contributed by atoms with Crippen molar-refractivity contribution in [3.63, 3.8) is 0 Å². The van der Waals surface area contributed by atoms with Gasteiger partial charge in [-0.1, -0.05) is 6.92 Å². The van der Waals surface area contributed by atoms with Crippen LogP contribution in [0.1, 0.15) is 36.6 Å². The molecule has 2 amide bonds. The van der Waals surface area contributed by atoms with E-state index in [-0.39, 0.29) is 11.6 Å². The Bertz CT molecular complexity index is 877. The first-order valence-corrected chi connectivity index (χ1v) is 10.4. The number of hydrogen-bond acceptors (Lipinski definition) is 5. The molecule has 2 aliphatic rings. The average Bonchev–Trinajstić information content (AvgIpc) is 3.08. The molecule has 2 aromatic rings. The minimum atomic E-state index is -0.198. The quantitative estimate of drug-likeness (QED) is 0.848. The maximum Gasteiger partial charge on any atom is 0.323 e. The molecule has 4 heterocycles. The highest BCUT2D eigenvalue weighted by Crippen LogP contribution is 2.22.